The van der Waals surface area contributed by atoms with Crippen LogP contribution in [0.3, 0.4) is 0 Å². The van der Waals surface area contributed by atoms with E-state index in [2.05, 4.69) is 246 Å². The third-order valence-electron chi connectivity index (χ3n) is 14.7. The smallest absolute Gasteiger partial charge is 0.252 e. The summed E-state index contributed by atoms with van der Waals surface area (Å²) in [6.07, 6.45) is 0. The van der Waals surface area contributed by atoms with Gasteiger partial charge < -0.3 is 9.80 Å². The molecule has 0 atom stereocenters. The van der Waals surface area contributed by atoms with E-state index in [1.54, 1.807) is 0 Å². The van der Waals surface area contributed by atoms with Gasteiger partial charge in [-0.1, -0.05) is 188 Å². The van der Waals surface area contributed by atoms with Gasteiger partial charge in [0.2, 0.25) is 0 Å². The Kier molecular flexibility index (Phi) is 9.29. The maximum absolute atomic E-state index is 2.62. The standard InChI is InChI=1S/C61H65BN2/c1-57(2,3)39-25-29-43(30-26-39)63-51-34-40(58(4,5)6)27-31-49(51)62-50-32-28-41(59(7,8)9)35-52(50)64(54-37-42(60(10,11)12)36-53(63)56(54)62)44-20-17-19-38(33-44)45-22-18-24-48-55(45)46-21-15-16-23-47(46)61(48,13)14/h15-37H,1-14H3. The van der Waals surface area contributed by atoms with Crippen molar-refractivity contribution in [3.8, 4) is 22.3 Å². The fourth-order valence-electron chi connectivity index (χ4n) is 10.8. The normalized spacial score (nSPS) is 15.1. The number of fused-ring (bicyclic) bond motifs is 7. The van der Waals surface area contributed by atoms with Crippen molar-refractivity contribution >= 4 is 57.2 Å². The molecule has 0 aromatic heterocycles. The Bertz CT molecular complexity index is 3010. The molecule has 2 aliphatic heterocycles. The molecule has 3 heteroatoms. The van der Waals surface area contributed by atoms with Gasteiger partial charge in [-0.15, -0.1) is 0 Å². The number of rotatable bonds is 3. The summed E-state index contributed by atoms with van der Waals surface area (Å²) in [5.74, 6) is 0. The summed E-state index contributed by atoms with van der Waals surface area (Å²) in [5.41, 5.74) is 24.7. The van der Waals surface area contributed by atoms with Gasteiger partial charge in [0.05, 0.1) is 0 Å². The van der Waals surface area contributed by atoms with Crippen molar-refractivity contribution in [2.75, 3.05) is 9.80 Å². The lowest BCUT2D eigenvalue weighted by Crippen LogP contribution is -2.61. The molecule has 0 unspecified atom stereocenters. The Labute approximate surface area is 384 Å². The summed E-state index contributed by atoms with van der Waals surface area (Å²) in [7, 11) is 0. The summed E-state index contributed by atoms with van der Waals surface area (Å²) < 4.78 is 0. The number of anilines is 6. The fraction of sp³-hybridized carbons (Fsp3) is 0.311. The van der Waals surface area contributed by atoms with Crippen LogP contribution in [0.25, 0.3) is 22.3 Å². The minimum atomic E-state index is -0.109. The van der Waals surface area contributed by atoms with E-state index in [4.69, 9.17) is 0 Å². The first-order valence-electron chi connectivity index (χ1n) is 23.6. The maximum atomic E-state index is 2.62. The zero-order valence-corrected chi connectivity index (χ0v) is 40.8. The molecule has 3 aliphatic rings. The molecular formula is C61H65BN2. The molecule has 7 aromatic rings. The highest BCUT2D eigenvalue weighted by Crippen LogP contribution is 2.53. The molecule has 322 valence electrons. The van der Waals surface area contributed by atoms with Gasteiger partial charge >= 0.3 is 0 Å². The largest absolute Gasteiger partial charge is 0.311 e. The SMILES string of the molecule is CC(C)(C)c1ccc(N2c3cc(C(C)(C)C)ccc3B3c4ccc(C(C)(C)C)cc4N(c4cccc(-c5cccc6c5-c5ccccc5C6(C)C)c4)c4cc(C(C)(C)C)cc2c43)cc1. The number of hydrogen-bond acceptors (Lipinski definition) is 2. The minimum absolute atomic E-state index is 0.0138. The van der Waals surface area contributed by atoms with Gasteiger partial charge in [0.1, 0.15) is 0 Å². The summed E-state index contributed by atoms with van der Waals surface area (Å²) in [4.78, 5) is 5.21. The molecule has 0 amide bonds. The molecule has 0 N–H and O–H groups in total. The maximum Gasteiger partial charge on any atom is 0.252 e. The molecule has 0 saturated carbocycles. The van der Waals surface area contributed by atoms with Crippen LogP contribution in [-0.4, -0.2) is 6.71 Å². The highest BCUT2D eigenvalue weighted by molar-refractivity contribution is 7.00. The van der Waals surface area contributed by atoms with E-state index >= 15 is 0 Å². The van der Waals surface area contributed by atoms with Crippen LogP contribution >= 0.6 is 0 Å². The molecule has 0 spiro atoms. The lowest BCUT2D eigenvalue weighted by atomic mass is 9.33. The predicted molar refractivity (Wildman–Crippen MR) is 278 cm³/mol. The molecule has 10 rings (SSSR count). The van der Waals surface area contributed by atoms with Crippen LogP contribution in [0.2, 0.25) is 0 Å². The van der Waals surface area contributed by atoms with Crippen LogP contribution in [0.1, 0.15) is 130 Å². The van der Waals surface area contributed by atoms with Gasteiger partial charge in [-0.2, -0.15) is 0 Å². The predicted octanol–water partition coefficient (Wildman–Crippen LogP) is 14.9. The van der Waals surface area contributed by atoms with Gasteiger partial charge in [-0.3, -0.25) is 0 Å². The van der Waals surface area contributed by atoms with Crippen molar-refractivity contribution in [1.29, 1.82) is 0 Å². The molecular weight excluding hydrogens is 771 g/mol. The Hall–Kier alpha value is -5.80. The van der Waals surface area contributed by atoms with Crippen molar-refractivity contribution < 1.29 is 0 Å². The first-order valence-corrected chi connectivity index (χ1v) is 23.6. The molecule has 0 fully saturated rings. The first-order chi connectivity index (χ1) is 30.0. The summed E-state index contributed by atoms with van der Waals surface area (Å²) >= 11 is 0. The molecule has 1 aliphatic carbocycles. The van der Waals surface area contributed by atoms with Gasteiger partial charge in [-0.05, 0) is 142 Å². The van der Waals surface area contributed by atoms with Crippen LogP contribution in [0, 0.1) is 0 Å². The van der Waals surface area contributed by atoms with E-state index in [9.17, 15) is 0 Å². The third-order valence-corrected chi connectivity index (χ3v) is 14.7. The van der Waals surface area contributed by atoms with Crippen LogP contribution in [0.4, 0.5) is 34.1 Å². The van der Waals surface area contributed by atoms with E-state index in [0.29, 0.717) is 0 Å². The lowest BCUT2D eigenvalue weighted by molar-refractivity contribution is 0.589. The molecule has 0 radical (unpaired) electrons. The summed E-state index contributed by atoms with van der Waals surface area (Å²) in [6, 6.07) is 54.5. The molecule has 2 nitrogen and oxygen atoms in total. The van der Waals surface area contributed by atoms with E-state index < -0.39 is 0 Å². The second-order valence-electron chi connectivity index (χ2n) is 23.6. The van der Waals surface area contributed by atoms with Crippen molar-refractivity contribution in [3.63, 3.8) is 0 Å². The van der Waals surface area contributed by atoms with Crippen molar-refractivity contribution in [1.82, 2.24) is 0 Å². The van der Waals surface area contributed by atoms with Crippen molar-refractivity contribution in [3.05, 3.63) is 173 Å². The van der Waals surface area contributed by atoms with E-state index in [-0.39, 0.29) is 33.8 Å². The monoisotopic (exact) mass is 837 g/mol. The van der Waals surface area contributed by atoms with Gasteiger partial charge in [0, 0.05) is 39.5 Å². The molecule has 64 heavy (non-hydrogen) atoms. The van der Waals surface area contributed by atoms with Gasteiger partial charge in [-0.25, -0.2) is 0 Å². The third kappa shape index (κ3) is 6.59. The fourth-order valence-corrected chi connectivity index (χ4v) is 10.8. The molecule has 0 saturated heterocycles. The van der Waals surface area contributed by atoms with Crippen LogP contribution in [0.15, 0.2) is 140 Å². The average Bonchev–Trinajstić information content (AvgIpc) is 3.47. The second kappa shape index (κ2) is 14.1. The number of hydrogen-bond donors (Lipinski definition) is 0. The zero-order chi connectivity index (χ0) is 45.5. The van der Waals surface area contributed by atoms with Gasteiger partial charge in [0.25, 0.3) is 6.71 Å². The van der Waals surface area contributed by atoms with Crippen molar-refractivity contribution in [2.45, 2.75) is 124 Å². The number of nitrogens with zero attached hydrogens (tertiary/aromatic N) is 2. The number of benzene rings is 7. The minimum Gasteiger partial charge on any atom is -0.311 e. The topological polar surface area (TPSA) is 6.48 Å². The quantitative estimate of drug-likeness (QED) is 0.164. The highest BCUT2D eigenvalue weighted by Gasteiger charge is 2.45. The van der Waals surface area contributed by atoms with E-state index in [1.807, 2.05) is 0 Å². The van der Waals surface area contributed by atoms with Crippen LogP contribution in [0.5, 0.6) is 0 Å². The van der Waals surface area contributed by atoms with E-state index in [0.717, 1.165) is 0 Å². The second-order valence-corrected chi connectivity index (χ2v) is 23.6. The van der Waals surface area contributed by atoms with E-state index in [1.165, 1.54) is 106 Å². The molecule has 7 aromatic carbocycles. The average molecular weight is 837 g/mol. The Morgan fingerprint density at radius 3 is 1.42 bits per heavy atom. The van der Waals surface area contributed by atoms with Gasteiger partial charge in [0.15, 0.2) is 0 Å². The van der Waals surface area contributed by atoms with Crippen molar-refractivity contribution in [2.24, 2.45) is 0 Å². The highest BCUT2D eigenvalue weighted by atomic mass is 15.2. The molecule has 0 bridgehead atoms. The van der Waals surface area contributed by atoms with Crippen LogP contribution in [-0.2, 0) is 27.1 Å². The lowest BCUT2D eigenvalue weighted by Gasteiger charge is -2.46. The summed E-state index contributed by atoms with van der Waals surface area (Å²) in [6.45, 7) is 32.8. The zero-order valence-electron chi connectivity index (χ0n) is 40.8. The molecule has 2 heterocycles. The Morgan fingerprint density at radius 1 is 0.391 bits per heavy atom. The Morgan fingerprint density at radius 2 is 0.859 bits per heavy atom. The first kappa shape index (κ1) is 42.2. The Balaban J connectivity index is 1.27. The summed E-state index contributed by atoms with van der Waals surface area (Å²) in [5, 5.41) is 0. The van der Waals surface area contributed by atoms with Crippen LogP contribution < -0.4 is 26.2 Å².